The van der Waals surface area contributed by atoms with E-state index in [9.17, 15) is 14.7 Å². The molecule has 1 atom stereocenters. The molecule has 0 spiro atoms. The normalized spacial score (nSPS) is 18.8. The van der Waals surface area contributed by atoms with Crippen molar-refractivity contribution in [2.75, 3.05) is 18.6 Å². The van der Waals surface area contributed by atoms with Crippen molar-refractivity contribution in [1.29, 1.82) is 0 Å². The molecule has 19 heavy (non-hydrogen) atoms. The van der Waals surface area contributed by atoms with Crippen LogP contribution in [0.2, 0.25) is 10.0 Å². The summed E-state index contributed by atoms with van der Waals surface area (Å²) < 4.78 is 4.62. The molecule has 1 amide bonds. The third kappa shape index (κ3) is 2.62. The number of anilines is 1. The zero-order valence-corrected chi connectivity index (χ0v) is 11.5. The molecule has 2 rings (SSSR count). The predicted molar refractivity (Wildman–Crippen MR) is 70.6 cm³/mol. The van der Waals surface area contributed by atoms with E-state index in [0.29, 0.717) is 5.69 Å². The van der Waals surface area contributed by atoms with Gasteiger partial charge in [0.25, 0.3) is 0 Å². The van der Waals surface area contributed by atoms with Crippen LogP contribution in [0.25, 0.3) is 0 Å². The largest absolute Gasteiger partial charge is 0.505 e. The molecule has 1 aliphatic rings. The first-order valence-corrected chi connectivity index (χ1v) is 6.25. The summed E-state index contributed by atoms with van der Waals surface area (Å²) in [4.78, 5) is 24.7. The van der Waals surface area contributed by atoms with Crippen molar-refractivity contribution in [3.63, 3.8) is 0 Å². The quantitative estimate of drug-likeness (QED) is 0.851. The van der Waals surface area contributed by atoms with E-state index < -0.39 is 11.9 Å². The van der Waals surface area contributed by atoms with Gasteiger partial charge in [-0.15, -0.1) is 0 Å². The number of halogens is 2. The Bertz CT molecular complexity index is 524. The molecule has 0 bridgehead atoms. The smallest absolute Gasteiger partial charge is 0.311 e. The molecule has 5 nitrogen and oxygen atoms in total. The van der Waals surface area contributed by atoms with Crippen LogP contribution >= 0.6 is 23.2 Å². The zero-order chi connectivity index (χ0) is 14.2. The maximum atomic E-state index is 11.9. The standard InChI is InChI=1S/C12H11Cl2NO4/c1-19-12(18)6-2-10(16)15(5-6)7-3-8(13)11(17)9(14)4-7/h3-4,6,17H,2,5H2,1H3/t6-/m1/s1. The topological polar surface area (TPSA) is 66.8 Å². The van der Waals surface area contributed by atoms with Crippen molar-refractivity contribution in [1.82, 2.24) is 0 Å². The van der Waals surface area contributed by atoms with Gasteiger partial charge in [0.1, 0.15) is 0 Å². The lowest BCUT2D eigenvalue weighted by molar-refractivity contribution is -0.145. The number of nitrogens with zero attached hydrogens (tertiary/aromatic N) is 1. The SMILES string of the molecule is COC(=O)[C@@H]1CC(=O)N(c2cc(Cl)c(O)c(Cl)c2)C1. The highest BCUT2D eigenvalue weighted by Gasteiger charge is 2.36. The van der Waals surface area contributed by atoms with Gasteiger partial charge < -0.3 is 14.7 Å². The summed E-state index contributed by atoms with van der Waals surface area (Å²) in [5, 5.41) is 9.58. The van der Waals surface area contributed by atoms with E-state index in [0.717, 1.165) is 0 Å². The third-order valence-corrected chi connectivity index (χ3v) is 3.55. The minimum Gasteiger partial charge on any atom is -0.505 e. The summed E-state index contributed by atoms with van der Waals surface area (Å²) in [6.45, 7) is 0.211. The zero-order valence-electron chi connectivity index (χ0n) is 10.0. The number of rotatable bonds is 2. The number of amides is 1. The fourth-order valence-corrected chi connectivity index (χ4v) is 2.47. The Morgan fingerprint density at radius 1 is 1.42 bits per heavy atom. The van der Waals surface area contributed by atoms with E-state index >= 15 is 0 Å². The first-order chi connectivity index (χ1) is 8.93. The molecule has 1 aromatic rings. The Balaban J connectivity index is 2.28. The number of phenolic OH excluding ortho intramolecular Hbond substituents is 1. The molecule has 102 valence electrons. The summed E-state index contributed by atoms with van der Waals surface area (Å²) in [5.74, 6) is -1.37. The number of aromatic hydroxyl groups is 1. The predicted octanol–water partition coefficient (Wildman–Crippen LogP) is 2.22. The number of benzene rings is 1. The average molecular weight is 304 g/mol. The van der Waals surface area contributed by atoms with Crippen LogP contribution in [-0.4, -0.2) is 30.6 Å². The first-order valence-electron chi connectivity index (χ1n) is 5.50. The molecule has 1 heterocycles. The van der Waals surface area contributed by atoms with Gasteiger partial charge in [0.05, 0.1) is 23.1 Å². The van der Waals surface area contributed by atoms with E-state index in [1.165, 1.54) is 24.1 Å². The van der Waals surface area contributed by atoms with Gasteiger partial charge in [-0.3, -0.25) is 9.59 Å². The van der Waals surface area contributed by atoms with E-state index in [1.54, 1.807) is 0 Å². The van der Waals surface area contributed by atoms with Crippen LogP contribution in [-0.2, 0) is 14.3 Å². The van der Waals surface area contributed by atoms with Gasteiger partial charge in [-0.2, -0.15) is 0 Å². The summed E-state index contributed by atoms with van der Waals surface area (Å²) in [7, 11) is 1.28. The fourth-order valence-electron chi connectivity index (χ4n) is 1.99. The van der Waals surface area contributed by atoms with Crippen LogP contribution in [0.3, 0.4) is 0 Å². The number of carbonyl (C=O) groups is 2. The second-order valence-corrected chi connectivity index (χ2v) is 5.00. The maximum absolute atomic E-state index is 11.9. The Labute approximate surface area is 119 Å². The molecule has 1 aliphatic heterocycles. The minimum absolute atomic E-state index is 0.0526. The Morgan fingerprint density at radius 2 is 2.00 bits per heavy atom. The van der Waals surface area contributed by atoms with Gasteiger partial charge in [-0.1, -0.05) is 23.2 Å². The van der Waals surface area contributed by atoms with Gasteiger partial charge in [-0.25, -0.2) is 0 Å². The minimum atomic E-state index is -0.496. The number of ether oxygens (including phenoxy) is 1. The fraction of sp³-hybridized carbons (Fsp3) is 0.333. The number of hydrogen-bond donors (Lipinski definition) is 1. The number of carbonyl (C=O) groups excluding carboxylic acids is 2. The monoisotopic (exact) mass is 303 g/mol. The van der Waals surface area contributed by atoms with Crippen molar-refractivity contribution in [3.05, 3.63) is 22.2 Å². The molecule has 1 aromatic carbocycles. The molecule has 0 unspecified atom stereocenters. The molecule has 1 fully saturated rings. The molecular weight excluding hydrogens is 293 g/mol. The number of hydrogen-bond acceptors (Lipinski definition) is 4. The number of esters is 1. The van der Waals surface area contributed by atoms with Crippen LogP contribution in [0.15, 0.2) is 12.1 Å². The Kier molecular flexibility index (Phi) is 3.87. The molecule has 0 aliphatic carbocycles. The third-order valence-electron chi connectivity index (χ3n) is 2.97. The van der Waals surface area contributed by atoms with E-state index in [1.807, 2.05) is 0 Å². The van der Waals surface area contributed by atoms with Crippen LogP contribution in [0, 0.1) is 5.92 Å². The van der Waals surface area contributed by atoms with Crippen LogP contribution < -0.4 is 4.90 Å². The molecule has 1 N–H and O–H groups in total. The van der Waals surface area contributed by atoms with Gasteiger partial charge in [0.2, 0.25) is 5.91 Å². The number of phenols is 1. The highest BCUT2D eigenvalue weighted by atomic mass is 35.5. The van der Waals surface area contributed by atoms with Crippen molar-refractivity contribution < 1.29 is 19.4 Å². The summed E-state index contributed by atoms with van der Waals surface area (Å²) in [5.41, 5.74) is 0.448. The molecular formula is C12H11Cl2NO4. The average Bonchev–Trinajstić information content (AvgIpc) is 2.76. The lowest BCUT2D eigenvalue weighted by Gasteiger charge is -2.17. The number of methoxy groups -OCH3 is 1. The van der Waals surface area contributed by atoms with Crippen molar-refractivity contribution in [2.45, 2.75) is 6.42 Å². The van der Waals surface area contributed by atoms with E-state index in [4.69, 9.17) is 23.2 Å². The lowest BCUT2D eigenvalue weighted by atomic mass is 10.1. The Hall–Kier alpha value is -1.46. The van der Waals surface area contributed by atoms with Gasteiger partial charge >= 0.3 is 5.97 Å². The van der Waals surface area contributed by atoms with Gasteiger partial charge in [0, 0.05) is 18.7 Å². The second-order valence-electron chi connectivity index (χ2n) is 4.19. The Morgan fingerprint density at radius 3 is 2.53 bits per heavy atom. The van der Waals surface area contributed by atoms with Gasteiger partial charge in [0.15, 0.2) is 5.75 Å². The summed E-state index contributed by atoms with van der Waals surface area (Å²) >= 11 is 11.6. The molecule has 1 saturated heterocycles. The lowest BCUT2D eigenvalue weighted by Crippen LogP contribution is -2.26. The molecule has 0 saturated carbocycles. The van der Waals surface area contributed by atoms with Crippen molar-refractivity contribution in [2.24, 2.45) is 5.92 Å². The van der Waals surface area contributed by atoms with Crippen LogP contribution in [0.4, 0.5) is 5.69 Å². The summed E-state index contributed by atoms with van der Waals surface area (Å²) in [6.07, 6.45) is 0.0861. The van der Waals surface area contributed by atoms with Crippen molar-refractivity contribution >= 4 is 40.8 Å². The second kappa shape index (κ2) is 5.27. The van der Waals surface area contributed by atoms with E-state index in [-0.39, 0.29) is 34.7 Å². The highest BCUT2D eigenvalue weighted by Crippen LogP contribution is 2.37. The van der Waals surface area contributed by atoms with Crippen LogP contribution in [0.5, 0.6) is 5.75 Å². The van der Waals surface area contributed by atoms with E-state index in [2.05, 4.69) is 4.74 Å². The van der Waals surface area contributed by atoms with Crippen molar-refractivity contribution in [3.8, 4) is 5.75 Å². The molecule has 7 heteroatoms. The summed E-state index contributed by atoms with van der Waals surface area (Å²) in [6, 6.07) is 2.86. The maximum Gasteiger partial charge on any atom is 0.311 e. The molecule has 0 radical (unpaired) electrons. The first kappa shape index (κ1) is 14.0. The molecule has 0 aromatic heterocycles. The van der Waals surface area contributed by atoms with Crippen LogP contribution in [0.1, 0.15) is 6.42 Å². The van der Waals surface area contributed by atoms with Gasteiger partial charge in [-0.05, 0) is 12.1 Å². The highest BCUT2D eigenvalue weighted by molar-refractivity contribution is 6.37.